The summed E-state index contributed by atoms with van der Waals surface area (Å²) in [5, 5.41) is 0. The van der Waals surface area contributed by atoms with E-state index in [1.54, 1.807) is 0 Å². The molecule has 0 spiro atoms. The third-order valence-electron chi connectivity index (χ3n) is 3.60. The zero-order chi connectivity index (χ0) is 13.8. The van der Waals surface area contributed by atoms with Gasteiger partial charge in [-0.25, -0.2) is 0 Å². The molecule has 0 bridgehead atoms. The summed E-state index contributed by atoms with van der Waals surface area (Å²) in [7, 11) is 0. The van der Waals surface area contributed by atoms with Crippen molar-refractivity contribution in [1.29, 1.82) is 0 Å². The van der Waals surface area contributed by atoms with Crippen LogP contribution in [0.5, 0.6) is 0 Å². The molecule has 0 aliphatic carbocycles. The van der Waals surface area contributed by atoms with Crippen molar-refractivity contribution in [3.05, 3.63) is 68.8 Å². The first-order chi connectivity index (χ1) is 9.06. The molecule has 0 aromatic heterocycles. The van der Waals surface area contributed by atoms with Crippen LogP contribution in [0.3, 0.4) is 0 Å². The van der Waals surface area contributed by atoms with Crippen LogP contribution in [-0.4, -0.2) is 0 Å². The van der Waals surface area contributed by atoms with Crippen molar-refractivity contribution in [3.8, 4) is 0 Å². The van der Waals surface area contributed by atoms with Crippen LogP contribution >= 0.6 is 22.6 Å². The molecular weight excluding hydrogens is 343 g/mol. The molecule has 1 unspecified atom stereocenters. The second-order valence-corrected chi connectivity index (χ2v) is 6.80. The topological polar surface area (TPSA) is 0 Å². The van der Waals surface area contributed by atoms with Crippen LogP contribution in [0.25, 0.3) is 0 Å². The van der Waals surface area contributed by atoms with Gasteiger partial charge >= 0.3 is 0 Å². The van der Waals surface area contributed by atoms with Gasteiger partial charge in [0, 0.05) is 3.57 Å². The standard InChI is InChI=1S/C18H21I/c1-13(2)17-6-4-5-15(12-17)11-14(3)16-7-9-18(19)10-8-16/h4-10,12-14H,11H2,1-3H3. The first-order valence-electron chi connectivity index (χ1n) is 6.90. The molecule has 0 amide bonds. The number of benzene rings is 2. The van der Waals surface area contributed by atoms with Gasteiger partial charge in [0.2, 0.25) is 0 Å². The summed E-state index contributed by atoms with van der Waals surface area (Å²) in [5.41, 5.74) is 4.31. The van der Waals surface area contributed by atoms with E-state index >= 15 is 0 Å². The van der Waals surface area contributed by atoms with Crippen LogP contribution in [0, 0.1) is 3.57 Å². The van der Waals surface area contributed by atoms with E-state index in [0.29, 0.717) is 11.8 Å². The maximum atomic E-state index is 2.36. The largest absolute Gasteiger partial charge is 0.0617 e. The van der Waals surface area contributed by atoms with Crippen molar-refractivity contribution in [3.63, 3.8) is 0 Å². The summed E-state index contributed by atoms with van der Waals surface area (Å²) < 4.78 is 1.30. The Labute approximate surface area is 130 Å². The molecule has 0 aliphatic heterocycles. The van der Waals surface area contributed by atoms with Crippen LogP contribution in [0.2, 0.25) is 0 Å². The van der Waals surface area contributed by atoms with E-state index < -0.39 is 0 Å². The van der Waals surface area contributed by atoms with Gasteiger partial charge in [-0.3, -0.25) is 0 Å². The summed E-state index contributed by atoms with van der Waals surface area (Å²) in [6.07, 6.45) is 1.11. The van der Waals surface area contributed by atoms with Crippen LogP contribution in [0.15, 0.2) is 48.5 Å². The van der Waals surface area contributed by atoms with Gasteiger partial charge in [-0.2, -0.15) is 0 Å². The van der Waals surface area contributed by atoms with Crippen molar-refractivity contribution in [2.45, 2.75) is 39.0 Å². The van der Waals surface area contributed by atoms with E-state index in [0.717, 1.165) is 6.42 Å². The van der Waals surface area contributed by atoms with Crippen molar-refractivity contribution < 1.29 is 0 Å². The maximum absolute atomic E-state index is 2.36. The lowest BCUT2D eigenvalue weighted by molar-refractivity contribution is 0.755. The van der Waals surface area contributed by atoms with E-state index in [4.69, 9.17) is 0 Å². The highest BCUT2D eigenvalue weighted by Crippen LogP contribution is 2.23. The third kappa shape index (κ3) is 4.07. The van der Waals surface area contributed by atoms with Crippen molar-refractivity contribution in [1.82, 2.24) is 0 Å². The van der Waals surface area contributed by atoms with Gasteiger partial charge in [0.05, 0.1) is 0 Å². The van der Waals surface area contributed by atoms with Gasteiger partial charge in [0.25, 0.3) is 0 Å². The second kappa shape index (κ2) is 6.56. The third-order valence-corrected chi connectivity index (χ3v) is 4.32. The second-order valence-electron chi connectivity index (χ2n) is 5.56. The number of hydrogen-bond donors (Lipinski definition) is 0. The Morgan fingerprint density at radius 3 is 2.21 bits per heavy atom. The van der Waals surface area contributed by atoms with E-state index in [9.17, 15) is 0 Å². The fraction of sp³-hybridized carbons (Fsp3) is 0.333. The summed E-state index contributed by atoms with van der Waals surface area (Å²) >= 11 is 2.36. The SMILES string of the molecule is CC(C)c1cccc(CC(C)c2ccc(I)cc2)c1. The molecule has 0 saturated heterocycles. The van der Waals surface area contributed by atoms with E-state index in [2.05, 4.69) is 91.9 Å². The average molecular weight is 364 g/mol. The Bertz CT molecular complexity index is 526. The van der Waals surface area contributed by atoms with E-state index in [1.807, 2.05) is 0 Å². The van der Waals surface area contributed by atoms with Gasteiger partial charge in [-0.15, -0.1) is 0 Å². The van der Waals surface area contributed by atoms with Gasteiger partial charge in [-0.05, 0) is 69.7 Å². The maximum Gasteiger partial charge on any atom is 0.0130 e. The molecule has 0 N–H and O–H groups in total. The first kappa shape index (κ1) is 14.6. The highest BCUT2D eigenvalue weighted by molar-refractivity contribution is 14.1. The van der Waals surface area contributed by atoms with E-state index in [1.165, 1.54) is 20.3 Å². The summed E-state index contributed by atoms with van der Waals surface area (Å²) in [6, 6.07) is 17.9. The molecule has 2 rings (SSSR count). The fourth-order valence-electron chi connectivity index (χ4n) is 2.34. The molecule has 0 saturated carbocycles. The van der Waals surface area contributed by atoms with Crippen molar-refractivity contribution >= 4 is 22.6 Å². The normalized spacial score (nSPS) is 12.7. The molecule has 2 aromatic rings. The lowest BCUT2D eigenvalue weighted by atomic mass is 9.92. The van der Waals surface area contributed by atoms with Crippen molar-refractivity contribution in [2.24, 2.45) is 0 Å². The fourth-order valence-corrected chi connectivity index (χ4v) is 2.70. The predicted molar refractivity (Wildman–Crippen MR) is 91.8 cm³/mol. The summed E-state index contributed by atoms with van der Waals surface area (Å²) in [6.45, 7) is 6.81. The van der Waals surface area contributed by atoms with Crippen molar-refractivity contribution in [2.75, 3.05) is 0 Å². The lowest BCUT2D eigenvalue weighted by Gasteiger charge is -2.14. The number of rotatable bonds is 4. The van der Waals surface area contributed by atoms with Gasteiger partial charge in [0.1, 0.15) is 0 Å². The quantitative estimate of drug-likeness (QED) is 0.605. The van der Waals surface area contributed by atoms with E-state index in [-0.39, 0.29) is 0 Å². The Balaban J connectivity index is 2.12. The van der Waals surface area contributed by atoms with Crippen LogP contribution in [0.1, 0.15) is 49.3 Å². The van der Waals surface area contributed by atoms with Gasteiger partial charge in [0.15, 0.2) is 0 Å². The molecule has 19 heavy (non-hydrogen) atoms. The number of halogens is 1. The molecule has 0 nitrogen and oxygen atoms in total. The smallest absolute Gasteiger partial charge is 0.0130 e. The molecule has 0 aliphatic rings. The molecule has 1 atom stereocenters. The highest BCUT2D eigenvalue weighted by Gasteiger charge is 2.08. The molecular formula is C18H21I. The molecule has 0 fully saturated rings. The Morgan fingerprint density at radius 1 is 0.895 bits per heavy atom. The van der Waals surface area contributed by atoms with Gasteiger partial charge < -0.3 is 0 Å². The first-order valence-corrected chi connectivity index (χ1v) is 7.98. The van der Waals surface area contributed by atoms with Crippen LogP contribution in [0.4, 0.5) is 0 Å². The summed E-state index contributed by atoms with van der Waals surface area (Å²) in [5.74, 6) is 1.17. The minimum atomic E-state index is 0.569. The highest BCUT2D eigenvalue weighted by atomic mass is 127. The molecule has 1 heteroatoms. The molecule has 100 valence electrons. The molecule has 2 aromatic carbocycles. The summed E-state index contributed by atoms with van der Waals surface area (Å²) in [4.78, 5) is 0. The zero-order valence-corrected chi connectivity index (χ0v) is 14.0. The minimum absolute atomic E-state index is 0.569. The lowest BCUT2D eigenvalue weighted by Crippen LogP contribution is -1.99. The van der Waals surface area contributed by atoms with Crippen LogP contribution in [-0.2, 0) is 6.42 Å². The predicted octanol–water partition coefficient (Wildman–Crippen LogP) is 5.76. The Morgan fingerprint density at radius 2 is 1.58 bits per heavy atom. The minimum Gasteiger partial charge on any atom is -0.0617 e. The molecule has 0 radical (unpaired) electrons. The monoisotopic (exact) mass is 364 g/mol. The molecule has 0 heterocycles. The van der Waals surface area contributed by atoms with Crippen LogP contribution < -0.4 is 0 Å². The Kier molecular flexibility index (Phi) is 5.03. The average Bonchev–Trinajstić information content (AvgIpc) is 2.39. The zero-order valence-electron chi connectivity index (χ0n) is 11.9. The van der Waals surface area contributed by atoms with Gasteiger partial charge in [-0.1, -0.05) is 57.2 Å². The Hall–Kier alpha value is -0.830. The number of hydrogen-bond acceptors (Lipinski definition) is 0.